The van der Waals surface area contributed by atoms with Crippen molar-refractivity contribution in [3.63, 3.8) is 0 Å². The number of benzene rings is 11. The largest absolute Gasteiger partial charge is 2.00 e. The van der Waals surface area contributed by atoms with Gasteiger partial charge in [0.25, 0.3) is 0 Å². The first-order chi connectivity index (χ1) is 43.7. The summed E-state index contributed by atoms with van der Waals surface area (Å²) in [5, 5.41) is 15.3. The van der Waals surface area contributed by atoms with Gasteiger partial charge in [0, 0.05) is 81.8 Å². The summed E-state index contributed by atoms with van der Waals surface area (Å²) in [7, 11) is 8.35. The Morgan fingerprint density at radius 1 is 0.322 bits per heavy atom. The molecule has 15 nitrogen and oxygen atoms in total. The maximum absolute atomic E-state index is 7.03. The van der Waals surface area contributed by atoms with E-state index in [0.717, 1.165) is 107 Å². The van der Waals surface area contributed by atoms with E-state index in [1.807, 2.05) is 48.5 Å². The van der Waals surface area contributed by atoms with E-state index < -0.39 is 0 Å². The number of rotatable bonds is 13. The Hall–Kier alpha value is -10.3. The van der Waals surface area contributed by atoms with Gasteiger partial charge in [0.2, 0.25) is 0 Å². The van der Waals surface area contributed by atoms with E-state index >= 15 is 0 Å². The SMILES string of the molecule is CCCCOc1c2ccccc2c(OCCCC)c2c3nc4nc(nc5[n-]c(nc6nc(nc([n-]3)c12)-c1c-6c(OC)c2cc3ccccc3cc2c1OC)c1c(C)c2cc3ccccc3cc2c(OC)c51)-c1c-4c(OC)c2cc3ccccc3cc2c1OC.[Cu+2]. The van der Waals surface area contributed by atoms with Gasteiger partial charge in [0.05, 0.1) is 94.3 Å². The van der Waals surface area contributed by atoms with Crippen molar-refractivity contribution in [1.82, 2.24) is 39.9 Å². The number of methoxy groups -OCH3 is 5. The summed E-state index contributed by atoms with van der Waals surface area (Å²) >= 11 is 0. The van der Waals surface area contributed by atoms with Crippen LogP contribution < -0.4 is 43.1 Å². The van der Waals surface area contributed by atoms with Crippen LogP contribution in [0.2, 0.25) is 0 Å². The maximum Gasteiger partial charge on any atom is 2.00 e. The second-order valence-electron chi connectivity index (χ2n) is 22.6. The molecule has 16 rings (SSSR count). The first kappa shape index (κ1) is 56.2. The zero-order chi connectivity index (χ0) is 60.3. The molecular weight excluding hydrogens is 1180 g/mol. The van der Waals surface area contributed by atoms with Crippen LogP contribution in [0.15, 0.2) is 133 Å². The molecule has 0 aliphatic carbocycles. The molecule has 0 unspecified atom stereocenters. The summed E-state index contributed by atoms with van der Waals surface area (Å²) in [5.74, 6) is 4.86. The maximum atomic E-state index is 7.03. The van der Waals surface area contributed by atoms with E-state index in [-0.39, 0.29) is 51.7 Å². The van der Waals surface area contributed by atoms with Crippen LogP contribution >= 0.6 is 0 Å². The molecule has 90 heavy (non-hydrogen) atoms. The summed E-state index contributed by atoms with van der Waals surface area (Å²) in [5.41, 5.74) is 4.27. The topological polar surface area (TPSA) is 170 Å². The number of ether oxygens (including phenoxy) is 7. The van der Waals surface area contributed by atoms with Gasteiger partial charge in [0.15, 0.2) is 0 Å². The molecule has 1 radical (unpaired) electrons. The Morgan fingerprint density at radius 3 is 0.911 bits per heavy atom. The molecule has 16 heteroatoms. The summed E-state index contributed by atoms with van der Waals surface area (Å²) in [4.78, 5) is 44.6. The van der Waals surface area contributed by atoms with Crippen molar-refractivity contribution in [2.75, 3.05) is 48.8 Å². The third kappa shape index (κ3) is 8.37. The minimum atomic E-state index is 0. The fraction of sp³-hybridized carbons (Fsp3) is 0.189. The van der Waals surface area contributed by atoms with Gasteiger partial charge < -0.3 is 63.1 Å². The molecule has 11 aromatic carbocycles. The minimum absolute atomic E-state index is 0. The number of unbranched alkanes of at least 4 members (excludes halogenated alkanes) is 2. The molecule has 8 bridgehead atoms. The second-order valence-corrected chi connectivity index (χ2v) is 22.6. The van der Waals surface area contributed by atoms with Crippen molar-refractivity contribution >= 4 is 120 Å². The van der Waals surface area contributed by atoms with Crippen LogP contribution in [0, 0.1) is 6.92 Å². The molecule has 2 aliphatic rings. The third-order valence-corrected chi connectivity index (χ3v) is 17.7. The average Bonchev–Trinajstić information content (AvgIpc) is 1.52. The quantitative estimate of drug-likeness (QED) is 0.0606. The molecule has 3 aromatic heterocycles. The van der Waals surface area contributed by atoms with Crippen molar-refractivity contribution in [2.24, 2.45) is 0 Å². The number of hydrogen-bond donors (Lipinski definition) is 0. The predicted octanol–water partition coefficient (Wildman–Crippen LogP) is 16.9. The zero-order valence-corrected chi connectivity index (χ0v) is 51.6. The monoisotopic (exact) mass is 1230 g/mol. The fourth-order valence-corrected chi connectivity index (χ4v) is 13.6. The summed E-state index contributed by atoms with van der Waals surface area (Å²) < 4.78 is 47.1. The van der Waals surface area contributed by atoms with Crippen LogP contribution in [0.3, 0.4) is 0 Å². The third-order valence-electron chi connectivity index (χ3n) is 17.7. The first-order valence-electron chi connectivity index (χ1n) is 30.1. The zero-order valence-electron chi connectivity index (χ0n) is 50.7. The number of nitrogens with zero attached hydrogens (tertiary/aromatic N) is 8. The molecule has 2 aliphatic heterocycles. The standard InChI is InChI=1S/C74H58N8O7.Cu/c1-9-11-29-88-65-44-27-19-20-28-45(44)66(89-30-12-10-2)59-58(65)73-80-71-55-54(61(84-5)48-33-40-23-15-16-24-41(40)34-49(48)62(55)85-6)69(78-71)76-67-52-37(3)46-31-38-21-13-14-22-39(38)32-47(46)60(83-4)53(52)68(75-67)77-70-56-57(72(79-70)81-74(59)82-73)64(87-8)51-36-43-26-18-17-25-42(43)35-50(51)63(56)86-7;/h13-28,31-36H,9-12,29-30H2,1-8H3;/q-2;+2. The molecular formula is C74H58CuN8O7. The van der Waals surface area contributed by atoms with Crippen molar-refractivity contribution in [1.29, 1.82) is 0 Å². The van der Waals surface area contributed by atoms with Gasteiger partial charge in [-0.1, -0.05) is 124 Å². The van der Waals surface area contributed by atoms with Crippen molar-refractivity contribution in [3.8, 4) is 85.8 Å². The van der Waals surface area contributed by atoms with Gasteiger partial charge in [0.1, 0.15) is 40.2 Å². The van der Waals surface area contributed by atoms with Crippen molar-refractivity contribution in [2.45, 2.75) is 46.5 Å². The molecule has 0 N–H and O–H groups in total. The molecule has 447 valence electrons. The Bertz CT molecular complexity index is 5570. The van der Waals surface area contributed by atoms with E-state index in [9.17, 15) is 0 Å². The second kappa shape index (κ2) is 22.1. The van der Waals surface area contributed by atoms with Crippen LogP contribution in [0.5, 0.6) is 40.2 Å². The Labute approximate surface area is 526 Å². The smallest absolute Gasteiger partial charge is 0.495 e. The Balaban J connectivity index is 0.00000676. The molecule has 14 aromatic rings. The van der Waals surface area contributed by atoms with E-state index in [1.54, 1.807) is 35.5 Å². The van der Waals surface area contributed by atoms with Gasteiger partial charge in [-0.25, -0.2) is 9.97 Å². The van der Waals surface area contributed by atoms with Crippen LogP contribution in [-0.4, -0.2) is 78.7 Å². The van der Waals surface area contributed by atoms with Crippen LogP contribution in [0.25, 0.3) is 165 Å². The summed E-state index contributed by atoms with van der Waals surface area (Å²) in [6.45, 7) is 7.23. The molecule has 0 saturated heterocycles. The van der Waals surface area contributed by atoms with E-state index in [1.165, 1.54) is 0 Å². The molecule has 5 heterocycles. The normalized spacial score (nSPS) is 12.0. The minimum Gasteiger partial charge on any atom is -0.495 e. The number of fused-ring (bicyclic) bond motifs is 27. The van der Waals surface area contributed by atoms with E-state index in [4.69, 9.17) is 73.0 Å². The van der Waals surface area contributed by atoms with Crippen molar-refractivity contribution in [3.05, 3.63) is 139 Å². The van der Waals surface area contributed by atoms with Crippen LogP contribution in [0.1, 0.15) is 45.1 Å². The van der Waals surface area contributed by atoms with Gasteiger partial charge >= 0.3 is 17.1 Å². The molecule has 0 saturated carbocycles. The first-order valence-corrected chi connectivity index (χ1v) is 30.1. The number of hydrogen-bond acceptors (Lipinski definition) is 13. The number of aromatic nitrogens is 8. The number of aryl methyl sites for hydroxylation is 1. The van der Waals surface area contributed by atoms with Crippen molar-refractivity contribution < 1.29 is 50.2 Å². The summed E-state index contributed by atoms with van der Waals surface area (Å²) in [6.07, 6.45) is 3.41. The molecule has 0 spiro atoms. The fourth-order valence-electron chi connectivity index (χ4n) is 13.6. The van der Waals surface area contributed by atoms with Crippen LogP contribution in [-0.2, 0) is 17.1 Å². The van der Waals surface area contributed by atoms with Gasteiger partial charge in [-0.3, -0.25) is 0 Å². The van der Waals surface area contributed by atoms with Gasteiger partial charge in [-0.05, 0) is 99.4 Å². The average molecular weight is 1230 g/mol. The van der Waals surface area contributed by atoms with E-state index in [0.29, 0.717) is 109 Å². The van der Waals surface area contributed by atoms with Crippen LogP contribution in [0.4, 0.5) is 0 Å². The molecule has 0 amide bonds. The van der Waals surface area contributed by atoms with E-state index in [2.05, 4.69) is 106 Å². The predicted molar refractivity (Wildman–Crippen MR) is 355 cm³/mol. The van der Waals surface area contributed by atoms with Gasteiger partial charge in [-0.2, -0.15) is 0 Å². The molecule has 0 atom stereocenters. The Kier molecular flexibility index (Phi) is 13.8. The Morgan fingerprint density at radius 2 is 0.600 bits per heavy atom. The summed E-state index contributed by atoms with van der Waals surface area (Å²) in [6, 6.07) is 45.7. The molecule has 0 fully saturated rings. The van der Waals surface area contributed by atoms with Gasteiger partial charge in [-0.15, -0.1) is 0 Å².